The fourth-order valence-corrected chi connectivity index (χ4v) is 2.58. The number of nitrogens with zero attached hydrogens (tertiary/aromatic N) is 1. The zero-order valence-corrected chi connectivity index (χ0v) is 8.58. The van der Waals surface area contributed by atoms with Crippen LogP contribution in [0.25, 0.3) is 0 Å². The summed E-state index contributed by atoms with van der Waals surface area (Å²) in [5.41, 5.74) is 3.13. The van der Waals surface area contributed by atoms with Crippen LogP contribution in [0.1, 0.15) is 30.4 Å². The van der Waals surface area contributed by atoms with Crippen molar-refractivity contribution in [2.75, 3.05) is 6.54 Å². The van der Waals surface area contributed by atoms with Gasteiger partial charge in [-0.05, 0) is 30.4 Å². The lowest BCUT2D eigenvalue weighted by Gasteiger charge is -2.40. The third kappa shape index (κ3) is 1.36. The van der Waals surface area contributed by atoms with E-state index in [-0.39, 0.29) is 0 Å². The molecule has 0 aromatic heterocycles. The van der Waals surface area contributed by atoms with Gasteiger partial charge in [-0.1, -0.05) is 30.7 Å². The molecule has 0 radical (unpaired) electrons. The summed E-state index contributed by atoms with van der Waals surface area (Å²) in [4.78, 5) is 2.67. The zero-order valence-electron chi connectivity index (χ0n) is 8.58. The Morgan fingerprint density at radius 3 is 2.57 bits per heavy atom. The van der Waals surface area contributed by atoms with E-state index in [0.717, 1.165) is 6.04 Å². The molecule has 2 aliphatic rings. The monoisotopic (exact) mass is 187 g/mol. The number of benzene rings is 1. The highest BCUT2D eigenvalue weighted by molar-refractivity contribution is 5.29. The first kappa shape index (κ1) is 8.49. The standard InChI is InChI=1S/C13H17N/c1-2-5-12-10-14(13-6-3-7-13)9-8-11(12)4-1/h1-2,4-5,13H,3,6-10H2. The van der Waals surface area contributed by atoms with Crippen molar-refractivity contribution in [3.8, 4) is 0 Å². The molecule has 1 heterocycles. The molecule has 74 valence electrons. The molecule has 1 saturated carbocycles. The van der Waals surface area contributed by atoms with Crippen molar-refractivity contribution in [3.63, 3.8) is 0 Å². The van der Waals surface area contributed by atoms with Crippen LogP contribution in [0.4, 0.5) is 0 Å². The minimum atomic E-state index is 0.906. The van der Waals surface area contributed by atoms with Gasteiger partial charge in [0.1, 0.15) is 0 Å². The topological polar surface area (TPSA) is 3.24 Å². The predicted octanol–water partition coefficient (Wildman–Crippen LogP) is 2.60. The summed E-state index contributed by atoms with van der Waals surface area (Å²) < 4.78 is 0. The van der Waals surface area contributed by atoms with Crippen molar-refractivity contribution in [3.05, 3.63) is 35.4 Å². The fraction of sp³-hybridized carbons (Fsp3) is 0.538. The number of hydrogen-bond donors (Lipinski definition) is 0. The molecular formula is C13H17N. The Bertz CT molecular complexity index is 328. The molecule has 1 aliphatic carbocycles. The number of fused-ring (bicyclic) bond motifs is 1. The molecule has 0 unspecified atom stereocenters. The summed E-state index contributed by atoms with van der Waals surface area (Å²) in [6.45, 7) is 2.47. The van der Waals surface area contributed by atoms with E-state index in [1.165, 1.54) is 38.8 Å². The Kier molecular flexibility index (Phi) is 2.06. The van der Waals surface area contributed by atoms with E-state index in [2.05, 4.69) is 29.2 Å². The van der Waals surface area contributed by atoms with Gasteiger partial charge in [-0.2, -0.15) is 0 Å². The maximum atomic E-state index is 2.67. The van der Waals surface area contributed by atoms with E-state index in [9.17, 15) is 0 Å². The summed E-state index contributed by atoms with van der Waals surface area (Å²) >= 11 is 0. The van der Waals surface area contributed by atoms with Gasteiger partial charge in [0.15, 0.2) is 0 Å². The van der Waals surface area contributed by atoms with Gasteiger partial charge in [-0.25, -0.2) is 0 Å². The molecule has 0 atom stereocenters. The van der Waals surface area contributed by atoms with Crippen molar-refractivity contribution in [2.45, 2.75) is 38.3 Å². The third-order valence-corrected chi connectivity index (χ3v) is 3.75. The van der Waals surface area contributed by atoms with Crippen LogP contribution in [0.15, 0.2) is 24.3 Å². The largest absolute Gasteiger partial charge is 0.296 e. The normalized spacial score (nSPS) is 22.9. The van der Waals surface area contributed by atoms with Gasteiger partial charge in [-0.15, -0.1) is 0 Å². The van der Waals surface area contributed by atoms with Crippen molar-refractivity contribution in [1.29, 1.82) is 0 Å². The van der Waals surface area contributed by atoms with Gasteiger partial charge < -0.3 is 0 Å². The Balaban J connectivity index is 1.79. The molecule has 1 fully saturated rings. The molecule has 0 bridgehead atoms. The second kappa shape index (κ2) is 3.39. The maximum Gasteiger partial charge on any atom is 0.0239 e. The van der Waals surface area contributed by atoms with Crippen molar-refractivity contribution < 1.29 is 0 Å². The van der Waals surface area contributed by atoms with Crippen molar-refractivity contribution in [1.82, 2.24) is 4.90 Å². The van der Waals surface area contributed by atoms with Crippen LogP contribution in [0.3, 0.4) is 0 Å². The first-order chi connectivity index (χ1) is 6.93. The van der Waals surface area contributed by atoms with Gasteiger partial charge in [0.2, 0.25) is 0 Å². The maximum absolute atomic E-state index is 2.67. The van der Waals surface area contributed by atoms with Crippen LogP contribution >= 0.6 is 0 Å². The van der Waals surface area contributed by atoms with Gasteiger partial charge >= 0.3 is 0 Å². The van der Waals surface area contributed by atoms with E-state index >= 15 is 0 Å². The van der Waals surface area contributed by atoms with Gasteiger partial charge in [-0.3, -0.25) is 4.90 Å². The molecule has 1 heteroatoms. The van der Waals surface area contributed by atoms with Crippen LogP contribution in [-0.4, -0.2) is 17.5 Å². The summed E-state index contributed by atoms with van der Waals surface area (Å²) in [6.07, 6.45) is 5.57. The molecule has 14 heavy (non-hydrogen) atoms. The fourth-order valence-electron chi connectivity index (χ4n) is 2.58. The molecule has 1 aliphatic heterocycles. The quantitative estimate of drug-likeness (QED) is 0.653. The van der Waals surface area contributed by atoms with Gasteiger partial charge in [0.25, 0.3) is 0 Å². The lowest BCUT2D eigenvalue weighted by Crippen LogP contribution is -2.42. The van der Waals surface area contributed by atoms with Crippen LogP contribution < -0.4 is 0 Å². The SMILES string of the molecule is c1ccc2c(c1)CCN(C1CCC1)C2. The molecule has 0 saturated heterocycles. The second-order valence-electron chi connectivity index (χ2n) is 4.57. The summed E-state index contributed by atoms with van der Waals surface area (Å²) in [6, 6.07) is 9.82. The Morgan fingerprint density at radius 1 is 1.07 bits per heavy atom. The average molecular weight is 187 g/mol. The molecule has 1 aromatic rings. The van der Waals surface area contributed by atoms with Crippen LogP contribution in [-0.2, 0) is 13.0 Å². The lowest BCUT2D eigenvalue weighted by atomic mass is 9.89. The van der Waals surface area contributed by atoms with Gasteiger partial charge in [0.05, 0.1) is 0 Å². The molecule has 1 nitrogen and oxygen atoms in total. The van der Waals surface area contributed by atoms with Crippen LogP contribution in [0.2, 0.25) is 0 Å². The Hall–Kier alpha value is -0.820. The first-order valence-corrected chi connectivity index (χ1v) is 5.74. The second-order valence-corrected chi connectivity index (χ2v) is 4.57. The molecule has 1 aromatic carbocycles. The summed E-state index contributed by atoms with van der Waals surface area (Å²) in [5.74, 6) is 0. The third-order valence-electron chi connectivity index (χ3n) is 3.75. The van der Waals surface area contributed by atoms with Crippen LogP contribution in [0, 0.1) is 0 Å². The minimum Gasteiger partial charge on any atom is -0.296 e. The van der Waals surface area contributed by atoms with Crippen molar-refractivity contribution >= 4 is 0 Å². The summed E-state index contributed by atoms with van der Waals surface area (Å²) in [7, 11) is 0. The lowest BCUT2D eigenvalue weighted by molar-refractivity contribution is 0.113. The van der Waals surface area contributed by atoms with Crippen LogP contribution in [0.5, 0.6) is 0 Å². The van der Waals surface area contributed by atoms with E-state index < -0.39 is 0 Å². The number of hydrogen-bond acceptors (Lipinski definition) is 1. The average Bonchev–Trinajstić information content (AvgIpc) is 2.15. The minimum absolute atomic E-state index is 0.906. The van der Waals surface area contributed by atoms with E-state index in [4.69, 9.17) is 0 Å². The smallest absolute Gasteiger partial charge is 0.0239 e. The highest BCUT2D eigenvalue weighted by Crippen LogP contribution is 2.29. The summed E-state index contributed by atoms with van der Waals surface area (Å²) in [5, 5.41) is 0. The highest BCUT2D eigenvalue weighted by Gasteiger charge is 2.27. The molecular weight excluding hydrogens is 170 g/mol. The molecule has 0 amide bonds. The Morgan fingerprint density at radius 2 is 1.86 bits per heavy atom. The molecule has 0 N–H and O–H groups in total. The predicted molar refractivity (Wildman–Crippen MR) is 58.2 cm³/mol. The number of rotatable bonds is 1. The van der Waals surface area contributed by atoms with Crippen molar-refractivity contribution in [2.24, 2.45) is 0 Å². The van der Waals surface area contributed by atoms with Gasteiger partial charge in [0, 0.05) is 19.1 Å². The zero-order chi connectivity index (χ0) is 9.38. The Labute approximate surface area is 85.7 Å². The van der Waals surface area contributed by atoms with E-state index in [0.29, 0.717) is 0 Å². The molecule has 3 rings (SSSR count). The van der Waals surface area contributed by atoms with E-state index in [1.807, 2.05) is 0 Å². The highest BCUT2D eigenvalue weighted by atomic mass is 15.2. The first-order valence-electron chi connectivity index (χ1n) is 5.74. The van der Waals surface area contributed by atoms with E-state index in [1.54, 1.807) is 11.1 Å². The molecule has 0 spiro atoms.